The molecule has 0 spiro atoms. The van der Waals surface area contributed by atoms with E-state index in [-0.39, 0.29) is 21.9 Å². The number of nitrogens with one attached hydrogen (secondary N) is 1. The molecule has 1 fully saturated rings. The Kier molecular flexibility index (Phi) is 6.47. The van der Waals surface area contributed by atoms with E-state index in [0.717, 1.165) is 0 Å². The second kappa shape index (κ2) is 9.07. The zero-order valence-corrected chi connectivity index (χ0v) is 18.1. The zero-order valence-electron chi connectivity index (χ0n) is 16.5. The number of nitro benzene ring substituents is 1. The summed E-state index contributed by atoms with van der Waals surface area (Å²) in [6, 6.07) is 12.5. The van der Waals surface area contributed by atoms with Crippen LogP contribution in [0.1, 0.15) is 5.56 Å². The number of carbonyl (C=O) groups excluding carboxylic acids is 2. The molecule has 0 unspecified atom stereocenters. The van der Waals surface area contributed by atoms with E-state index >= 15 is 0 Å². The number of halogens is 1. The molecule has 2 amide bonds. The van der Waals surface area contributed by atoms with Gasteiger partial charge in [-0.1, -0.05) is 23.7 Å². The Hall–Kier alpha value is -3.56. The second-order valence-corrected chi connectivity index (χ2v) is 7.58. The minimum Gasteiger partial charge on any atom is -0.383 e. The van der Waals surface area contributed by atoms with E-state index in [1.807, 2.05) is 0 Å². The van der Waals surface area contributed by atoms with Crippen molar-refractivity contribution in [2.75, 3.05) is 19.0 Å². The molecule has 31 heavy (non-hydrogen) atoms. The predicted octanol–water partition coefficient (Wildman–Crippen LogP) is 3.53. The summed E-state index contributed by atoms with van der Waals surface area (Å²) >= 11 is 11.1. The van der Waals surface area contributed by atoms with Crippen molar-refractivity contribution in [3.05, 3.63) is 87.1 Å². The maximum Gasteiger partial charge on any atom is 0.277 e. The molecule has 0 radical (unpaired) electrons. The molecular weight excluding hydrogens is 440 g/mol. The van der Waals surface area contributed by atoms with Gasteiger partial charge >= 0.3 is 0 Å². The molecule has 1 aliphatic rings. The number of amides is 2. The van der Waals surface area contributed by atoms with Gasteiger partial charge in [-0.05, 0) is 48.6 Å². The fraction of sp³-hybridized carbons (Fsp3) is 0.0952. The summed E-state index contributed by atoms with van der Waals surface area (Å²) in [6.07, 6.45) is 2.92. The number of nitrogens with zero attached hydrogens (tertiary/aromatic N) is 3. The van der Waals surface area contributed by atoms with Crippen molar-refractivity contribution in [1.82, 2.24) is 10.2 Å². The maximum absolute atomic E-state index is 13.2. The number of carbonyl (C=O) groups is 2. The highest BCUT2D eigenvalue weighted by molar-refractivity contribution is 7.80. The molecule has 158 valence electrons. The van der Waals surface area contributed by atoms with Crippen LogP contribution in [0.4, 0.5) is 11.4 Å². The third kappa shape index (κ3) is 4.79. The van der Waals surface area contributed by atoms with E-state index < -0.39 is 16.7 Å². The molecule has 0 aliphatic carbocycles. The van der Waals surface area contributed by atoms with Gasteiger partial charge in [0, 0.05) is 37.0 Å². The lowest BCUT2D eigenvalue weighted by Crippen LogP contribution is -2.54. The van der Waals surface area contributed by atoms with Gasteiger partial charge in [-0.15, -0.1) is 0 Å². The SMILES string of the molecule is CN(C)C=C(C=C1C(=O)NC(=S)N(c2ccc(Cl)cc2)C1=O)c1ccccc1[N+](=O)[O-]. The number of hydrogen-bond donors (Lipinski definition) is 1. The Morgan fingerprint density at radius 2 is 1.81 bits per heavy atom. The Morgan fingerprint density at radius 1 is 1.16 bits per heavy atom. The summed E-state index contributed by atoms with van der Waals surface area (Å²) < 4.78 is 0. The molecule has 1 aliphatic heterocycles. The van der Waals surface area contributed by atoms with Crippen LogP contribution >= 0.6 is 23.8 Å². The summed E-state index contributed by atoms with van der Waals surface area (Å²) in [5, 5.41) is 14.4. The molecule has 10 heteroatoms. The standard InChI is InChI=1S/C21H17ClN4O4S/c1-24(2)12-13(16-5-3-4-6-18(16)26(29)30)11-17-19(27)23-21(31)25(20(17)28)15-9-7-14(22)8-10-15/h3-12H,1-2H3,(H,23,27,31). The molecule has 1 saturated heterocycles. The van der Waals surface area contributed by atoms with Crippen molar-refractivity contribution in [1.29, 1.82) is 0 Å². The summed E-state index contributed by atoms with van der Waals surface area (Å²) in [6.45, 7) is 0. The van der Waals surface area contributed by atoms with Crippen molar-refractivity contribution >= 4 is 57.7 Å². The first-order valence-electron chi connectivity index (χ1n) is 8.98. The molecule has 0 saturated carbocycles. The molecule has 8 nitrogen and oxygen atoms in total. The smallest absolute Gasteiger partial charge is 0.277 e. The van der Waals surface area contributed by atoms with Crippen LogP contribution in [0.3, 0.4) is 0 Å². The Morgan fingerprint density at radius 3 is 2.42 bits per heavy atom. The zero-order chi connectivity index (χ0) is 22.7. The number of anilines is 1. The number of para-hydroxylation sites is 1. The molecule has 1 heterocycles. The molecule has 0 bridgehead atoms. The van der Waals surface area contributed by atoms with Crippen molar-refractivity contribution in [3.8, 4) is 0 Å². The molecule has 1 N–H and O–H groups in total. The van der Waals surface area contributed by atoms with Gasteiger partial charge in [0.05, 0.1) is 16.2 Å². The highest BCUT2D eigenvalue weighted by Crippen LogP contribution is 2.29. The number of benzene rings is 2. The monoisotopic (exact) mass is 456 g/mol. The molecular formula is C21H17ClN4O4S. The molecule has 3 rings (SSSR count). The number of rotatable bonds is 5. The Balaban J connectivity index is 2.12. The van der Waals surface area contributed by atoms with E-state index in [1.165, 1.54) is 17.0 Å². The predicted molar refractivity (Wildman–Crippen MR) is 123 cm³/mol. The number of nitro groups is 1. The quantitative estimate of drug-likeness (QED) is 0.243. The topological polar surface area (TPSA) is 95.8 Å². The van der Waals surface area contributed by atoms with E-state index in [9.17, 15) is 19.7 Å². The highest BCUT2D eigenvalue weighted by atomic mass is 35.5. The van der Waals surface area contributed by atoms with Crippen LogP contribution < -0.4 is 10.2 Å². The number of allylic oxidation sites excluding steroid dienone is 2. The van der Waals surface area contributed by atoms with Gasteiger partial charge in [0.2, 0.25) is 0 Å². The van der Waals surface area contributed by atoms with Crippen LogP contribution in [0, 0.1) is 10.1 Å². The summed E-state index contributed by atoms with van der Waals surface area (Å²) in [7, 11) is 3.45. The first-order valence-corrected chi connectivity index (χ1v) is 9.76. The fourth-order valence-electron chi connectivity index (χ4n) is 2.98. The average Bonchev–Trinajstić information content (AvgIpc) is 2.71. The van der Waals surface area contributed by atoms with E-state index in [0.29, 0.717) is 16.3 Å². The van der Waals surface area contributed by atoms with Crippen molar-refractivity contribution < 1.29 is 14.5 Å². The van der Waals surface area contributed by atoms with Gasteiger partial charge < -0.3 is 4.90 Å². The summed E-state index contributed by atoms with van der Waals surface area (Å²) in [5.41, 5.74) is 0.644. The minimum atomic E-state index is -0.691. The number of hydrogen-bond acceptors (Lipinski definition) is 6. The first-order chi connectivity index (χ1) is 14.7. The fourth-order valence-corrected chi connectivity index (χ4v) is 3.38. The summed E-state index contributed by atoms with van der Waals surface area (Å²) in [4.78, 5) is 39.6. The Labute approximate surface area is 188 Å². The molecule has 2 aromatic carbocycles. The second-order valence-electron chi connectivity index (χ2n) is 6.76. The molecule has 2 aromatic rings. The Bertz CT molecular complexity index is 1140. The lowest BCUT2D eigenvalue weighted by Gasteiger charge is -2.29. The van der Waals surface area contributed by atoms with Gasteiger partial charge in [0.15, 0.2) is 5.11 Å². The van der Waals surface area contributed by atoms with Crippen molar-refractivity contribution in [3.63, 3.8) is 0 Å². The molecule has 0 aromatic heterocycles. The third-order valence-corrected chi connectivity index (χ3v) is 4.83. The van der Waals surface area contributed by atoms with E-state index in [2.05, 4.69) is 5.32 Å². The van der Waals surface area contributed by atoms with E-state index in [1.54, 1.807) is 67.7 Å². The van der Waals surface area contributed by atoms with Crippen LogP contribution in [-0.4, -0.2) is 40.8 Å². The average molecular weight is 457 g/mol. The molecule has 0 atom stereocenters. The van der Waals surface area contributed by atoms with Crippen molar-refractivity contribution in [2.24, 2.45) is 0 Å². The van der Waals surface area contributed by atoms with Crippen molar-refractivity contribution in [2.45, 2.75) is 0 Å². The normalized spacial score (nSPS) is 15.8. The highest BCUT2D eigenvalue weighted by Gasteiger charge is 2.35. The summed E-state index contributed by atoms with van der Waals surface area (Å²) in [5.74, 6) is -1.34. The van der Waals surface area contributed by atoms with Crippen LogP contribution in [0.5, 0.6) is 0 Å². The van der Waals surface area contributed by atoms with Gasteiger partial charge in [0.1, 0.15) is 5.57 Å². The van der Waals surface area contributed by atoms with Crippen LogP contribution in [0.25, 0.3) is 5.57 Å². The van der Waals surface area contributed by atoms with Gasteiger partial charge in [-0.25, -0.2) is 0 Å². The maximum atomic E-state index is 13.2. The number of thiocarbonyl (C=S) groups is 1. The lowest BCUT2D eigenvalue weighted by atomic mass is 10.00. The lowest BCUT2D eigenvalue weighted by molar-refractivity contribution is -0.385. The van der Waals surface area contributed by atoms with Gasteiger partial charge in [-0.2, -0.15) is 0 Å². The largest absolute Gasteiger partial charge is 0.383 e. The van der Waals surface area contributed by atoms with Gasteiger partial charge in [0.25, 0.3) is 17.5 Å². The first kappa shape index (κ1) is 22.1. The van der Waals surface area contributed by atoms with Crippen LogP contribution in [-0.2, 0) is 9.59 Å². The van der Waals surface area contributed by atoms with Gasteiger partial charge in [-0.3, -0.25) is 29.9 Å². The van der Waals surface area contributed by atoms with Crippen LogP contribution in [0.2, 0.25) is 5.02 Å². The van der Waals surface area contributed by atoms with E-state index in [4.69, 9.17) is 23.8 Å². The van der Waals surface area contributed by atoms with Crippen LogP contribution in [0.15, 0.2) is 66.4 Å². The minimum absolute atomic E-state index is 0.0710. The third-order valence-electron chi connectivity index (χ3n) is 4.30.